The van der Waals surface area contributed by atoms with Gasteiger partial charge >= 0.3 is 0 Å². The second-order valence-corrected chi connectivity index (χ2v) is 13.1. The predicted molar refractivity (Wildman–Crippen MR) is 206 cm³/mol. The number of thiophene rings is 1. The molecule has 0 saturated carbocycles. The molecule has 0 radical (unpaired) electrons. The molecule has 0 unspecified atom stereocenters. The predicted octanol–water partition coefficient (Wildman–Crippen LogP) is 12.2. The highest BCUT2D eigenvalue weighted by atomic mass is 32.1. The van der Waals surface area contributed by atoms with E-state index in [4.69, 9.17) is 4.98 Å². The largest absolute Gasteiger partial charge is 0.309 e. The molecule has 228 valence electrons. The SMILES string of the molecule is C=C/C=C\c1c(C)nc(-c2ccc(-c3ccc4c5c6sc7ccccc7c6ccc5n(-c5ccccc5)c4c3)cc2)n1-c1ccccc1. The van der Waals surface area contributed by atoms with Crippen LogP contribution < -0.4 is 0 Å². The van der Waals surface area contributed by atoms with Gasteiger partial charge in [0.2, 0.25) is 0 Å². The highest BCUT2D eigenvalue weighted by molar-refractivity contribution is 7.26. The molecule has 0 aliphatic carbocycles. The maximum absolute atomic E-state index is 5.04. The Kier molecular flexibility index (Phi) is 6.70. The number of aryl methyl sites for hydroxylation is 1. The molecule has 0 amide bonds. The Bertz CT molecular complexity index is 2670. The van der Waals surface area contributed by atoms with Crippen molar-refractivity contribution in [2.75, 3.05) is 0 Å². The van der Waals surface area contributed by atoms with Crippen molar-refractivity contribution >= 4 is 59.4 Å². The Morgan fingerprint density at radius 1 is 0.604 bits per heavy atom. The molecular formula is C44H31N3S. The van der Waals surface area contributed by atoms with Gasteiger partial charge in [0.25, 0.3) is 0 Å². The van der Waals surface area contributed by atoms with Crippen LogP contribution in [0, 0.1) is 6.92 Å². The smallest absolute Gasteiger partial charge is 0.145 e. The Morgan fingerprint density at radius 2 is 1.25 bits per heavy atom. The van der Waals surface area contributed by atoms with Crippen LogP contribution in [0.5, 0.6) is 0 Å². The van der Waals surface area contributed by atoms with E-state index in [9.17, 15) is 0 Å². The third kappa shape index (κ3) is 4.45. The molecule has 0 bridgehead atoms. The second-order valence-electron chi connectivity index (χ2n) is 12.1. The van der Waals surface area contributed by atoms with E-state index in [1.54, 1.807) is 6.08 Å². The number of hydrogen-bond acceptors (Lipinski definition) is 2. The van der Waals surface area contributed by atoms with Gasteiger partial charge in [-0.1, -0.05) is 116 Å². The number of nitrogens with zero attached hydrogens (tertiary/aromatic N) is 3. The number of benzene rings is 6. The molecule has 9 aromatic rings. The summed E-state index contributed by atoms with van der Waals surface area (Å²) in [5, 5.41) is 5.23. The van der Waals surface area contributed by atoms with Crippen molar-refractivity contribution < 1.29 is 0 Å². The summed E-state index contributed by atoms with van der Waals surface area (Å²) in [6.45, 7) is 5.93. The number of aromatic nitrogens is 3. The van der Waals surface area contributed by atoms with Crippen LogP contribution in [0.4, 0.5) is 0 Å². The maximum atomic E-state index is 5.04. The molecule has 0 spiro atoms. The molecule has 48 heavy (non-hydrogen) atoms. The van der Waals surface area contributed by atoms with Gasteiger partial charge in [-0.3, -0.25) is 4.57 Å². The van der Waals surface area contributed by atoms with Gasteiger partial charge in [-0.25, -0.2) is 4.98 Å². The van der Waals surface area contributed by atoms with Crippen LogP contribution in [-0.4, -0.2) is 14.1 Å². The molecule has 4 heteroatoms. The second kappa shape index (κ2) is 11.4. The Balaban J connectivity index is 1.21. The highest BCUT2D eigenvalue weighted by Crippen LogP contribution is 2.44. The monoisotopic (exact) mass is 633 g/mol. The van der Waals surface area contributed by atoms with E-state index < -0.39 is 0 Å². The van der Waals surface area contributed by atoms with Crippen molar-refractivity contribution in [3.05, 3.63) is 170 Å². The number of hydrogen-bond donors (Lipinski definition) is 0. The van der Waals surface area contributed by atoms with Crippen molar-refractivity contribution in [1.82, 2.24) is 14.1 Å². The zero-order valence-electron chi connectivity index (χ0n) is 26.5. The molecule has 3 aromatic heterocycles. The van der Waals surface area contributed by atoms with Crippen LogP contribution in [0.25, 0.3) is 81.9 Å². The van der Waals surface area contributed by atoms with E-state index in [1.807, 2.05) is 23.5 Å². The zero-order chi connectivity index (χ0) is 32.2. The topological polar surface area (TPSA) is 22.8 Å². The molecule has 0 N–H and O–H groups in total. The fourth-order valence-corrected chi connectivity index (χ4v) is 8.32. The molecule has 9 rings (SSSR count). The standard InChI is InChI=1S/C44H31N3S/c1-3-4-18-38-29(2)45-44(47(38)34-15-9-6-10-16-34)31-22-20-30(21-23-31)32-24-25-37-40(28-32)46(33-13-7-5-8-14-33)39-27-26-36-35-17-11-12-19-41(35)48-43(36)42(37)39/h3-28H,1H2,2H3/b18-4-. The van der Waals surface area contributed by atoms with E-state index in [0.29, 0.717) is 0 Å². The van der Waals surface area contributed by atoms with Gasteiger partial charge in [0.05, 0.1) is 22.4 Å². The molecule has 3 heterocycles. The van der Waals surface area contributed by atoms with Crippen molar-refractivity contribution in [1.29, 1.82) is 0 Å². The molecule has 0 atom stereocenters. The Morgan fingerprint density at radius 3 is 2.00 bits per heavy atom. The first-order chi connectivity index (χ1) is 23.7. The summed E-state index contributed by atoms with van der Waals surface area (Å²) in [7, 11) is 0. The minimum absolute atomic E-state index is 0.918. The van der Waals surface area contributed by atoms with Gasteiger partial charge in [0, 0.05) is 47.9 Å². The van der Waals surface area contributed by atoms with Gasteiger partial charge in [0.15, 0.2) is 0 Å². The number of para-hydroxylation sites is 2. The lowest BCUT2D eigenvalue weighted by Gasteiger charge is -2.12. The van der Waals surface area contributed by atoms with Gasteiger partial charge in [-0.05, 0) is 66.6 Å². The first-order valence-corrected chi connectivity index (χ1v) is 17.0. The van der Waals surface area contributed by atoms with Crippen molar-refractivity contribution in [3.63, 3.8) is 0 Å². The van der Waals surface area contributed by atoms with Crippen molar-refractivity contribution in [2.24, 2.45) is 0 Å². The lowest BCUT2D eigenvalue weighted by atomic mass is 10.0. The van der Waals surface area contributed by atoms with Crippen molar-refractivity contribution in [2.45, 2.75) is 6.92 Å². The summed E-state index contributed by atoms with van der Waals surface area (Å²) >= 11 is 1.89. The van der Waals surface area contributed by atoms with Crippen LogP contribution >= 0.6 is 11.3 Å². The first-order valence-electron chi connectivity index (χ1n) is 16.2. The van der Waals surface area contributed by atoms with Gasteiger partial charge in [-0.2, -0.15) is 0 Å². The molecule has 0 fully saturated rings. The Hall–Kier alpha value is -5.97. The van der Waals surface area contributed by atoms with E-state index in [2.05, 4.69) is 162 Å². The summed E-state index contributed by atoms with van der Waals surface area (Å²) < 4.78 is 7.31. The number of imidazole rings is 1. The molecule has 6 aromatic carbocycles. The summed E-state index contributed by atoms with van der Waals surface area (Å²) in [6, 6.07) is 50.2. The van der Waals surface area contributed by atoms with Crippen LogP contribution in [0.3, 0.4) is 0 Å². The van der Waals surface area contributed by atoms with E-state index in [0.717, 1.165) is 34.2 Å². The molecule has 0 aliphatic rings. The molecular weight excluding hydrogens is 603 g/mol. The fraction of sp³-hybridized carbons (Fsp3) is 0.0227. The molecule has 0 aliphatic heterocycles. The van der Waals surface area contributed by atoms with Crippen LogP contribution in [-0.2, 0) is 0 Å². The third-order valence-corrected chi connectivity index (χ3v) is 10.5. The molecule has 3 nitrogen and oxygen atoms in total. The lowest BCUT2D eigenvalue weighted by molar-refractivity contribution is 1.05. The zero-order valence-corrected chi connectivity index (χ0v) is 27.3. The fourth-order valence-electron chi connectivity index (χ4n) is 7.06. The number of rotatable bonds is 6. The number of allylic oxidation sites excluding steroid dienone is 2. The van der Waals surface area contributed by atoms with Crippen LogP contribution in [0.1, 0.15) is 11.4 Å². The quantitative estimate of drug-likeness (QED) is 0.167. The van der Waals surface area contributed by atoms with Gasteiger partial charge in [-0.15, -0.1) is 11.3 Å². The minimum atomic E-state index is 0.918. The maximum Gasteiger partial charge on any atom is 0.145 e. The average molecular weight is 634 g/mol. The normalized spacial score (nSPS) is 11.9. The highest BCUT2D eigenvalue weighted by Gasteiger charge is 2.19. The lowest BCUT2D eigenvalue weighted by Crippen LogP contribution is -1.99. The molecule has 0 saturated heterocycles. The Labute approximate surface area is 283 Å². The minimum Gasteiger partial charge on any atom is -0.309 e. The van der Waals surface area contributed by atoms with E-state index in [-0.39, 0.29) is 0 Å². The average Bonchev–Trinajstić information content (AvgIpc) is 3.80. The summed E-state index contributed by atoms with van der Waals surface area (Å²) in [4.78, 5) is 5.04. The van der Waals surface area contributed by atoms with Gasteiger partial charge in [0.1, 0.15) is 5.82 Å². The summed E-state index contributed by atoms with van der Waals surface area (Å²) in [5.41, 5.74) is 10.1. The van der Waals surface area contributed by atoms with E-state index >= 15 is 0 Å². The van der Waals surface area contributed by atoms with Crippen LogP contribution in [0.2, 0.25) is 0 Å². The van der Waals surface area contributed by atoms with Gasteiger partial charge < -0.3 is 4.57 Å². The summed E-state index contributed by atoms with van der Waals surface area (Å²) in [5.74, 6) is 0.918. The summed E-state index contributed by atoms with van der Waals surface area (Å²) in [6.07, 6.45) is 5.84. The third-order valence-electron chi connectivity index (χ3n) is 9.27. The van der Waals surface area contributed by atoms with Crippen molar-refractivity contribution in [3.8, 4) is 33.9 Å². The first kappa shape index (κ1) is 28.3. The van der Waals surface area contributed by atoms with E-state index in [1.165, 1.54) is 53.1 Å². The number of fused-ring (bicyclic) bond motifs is 7. The van der Waals surface area contributed by atoms with Crippen LogP contribution in [0.15, 0.2) is 158 Å².